The molecule has 0 radical (unpaired) electrons. The van der Waals surface area contributed by atoms with E-state index in [1.807, 2.05) is 37.8 Å². The number of thiol groups is 1. The van der Waals surface area contributed by atoms with Crippen LogP contribution in [0, 0.1) is 5.92 Å². The summed E-state index contributed by atoms with van der Waals surface area (Å²) in [5, 5.41) is 11.1. The highest BCUT2D eigenvalue weighted by Crippen LogP contribution is 2.33. The van der Waals surface area contributed by atoms with Crippen LogP contribution in [0.4, 0.5) is 4.79 Å². The largest absolute Gasteiger partial charge is 0.444 e. The number of likely N-dealkylation sites (tertiary alicyclic amines) is 2. The Bertz CT molecular complexity index is 823. The molecule has 2 saturated heterocycles. The monoisotopic (exact) mass is 466 g/mol. The van der Waals surface area contributed by atoms with Gasteiger partial charge >= 0.3 is 6.09 Å². The van der Waals surface area contributed by atoms with Crippen molar-refractivity contribution in [3.8, 4) is 0 Å². The molecule has 0 atom stereocenters. The number of hydrogen-bond acceptors (Lipinski definition) is 6. The van der Waals surface area contributed by atoms with Crippen LogP contribution < -0.4 is 0 Å². The molecule has 0 aliphatic carbocycles. The van der Waals surface area contributed by atoms with Gasteiger partial charge in [-0.05, 0) is 76.5 Å². The van der Waals surface area contributed by atoms with Crippen molar-refractivity contribution in [2.24, 2.45) is 5.92 Å². The maximum Gasteiger partial charge on any atom is 0.410 e. The van der Waals surface area contributed by atoms with Crippen LogP contribution in [0.2, 0.25) is 0 Å². The normalized spacial score (nSPS) is 20.5. The van der Waals surface area contributed by atoms with Gasteiger partial charge in [-0.3, -0.25) is 0 Å². The van der Waals surface area contributed by atoms with Crippen LogP contribution in [0.1, 0.15) is 64.0 Å². The van der Waals surface area contributed by atoms with E-state index in [0.717, 1.165) is 63.1 Å². The van der Waals surface area contributed by atoms with E-state index in [-0.39, 0.29) is 11.8 Å². The minimum absolute atomic E-state index is 0.0402. The minimum Gasteiger partial charge on any atom is -0.444 e. The Balaban J connectivity index is 1.40. The Kier molecular flexibility index (Phi) is 8.22. The van der Waals surface area contributed by atoms with E-state index in [9.17, 15) is 18.3 Å². The Morgan fingerprint density at radius 1 is 1.09 bits per heavy atom. The zero-order valence-electron chi connectivity index (χ0n) is 19.6. The molecule has 3 rings (SSSR count). The summed E-state index contributed by atoms with van der Waals surface area (Å²) in [6.07, 6.45) is 4.29. The first-order valence-electron chi connectivity index (χ1n) is 11.7. The third-order valence-electron chi connectivity index (χ3n) is 6.61. The number of hydrogen-bond donors (Lipinski definition) is 2. The smallest absolute Gasteiger partial charge is 0.410 e. The second-order valence-electron chi connectivity index (χ2n) is 10.3. The first kappa shape index (κ1) is 25.0. The number of carbonyl (C=O) groups is 1. The molecule has 1 aromatic rings. The average molecular weight is 467 g/mol. The van der Waals surface area contributed by atoms with Crippen molar-refractivity contribution in [1.29, 1.82) is 0 Å². The number of nitrogens with zero attached hydrogens (tertiary/aromatic N) is 2. The first-order valence-corrected chi connectivity index (χ1v) is 13.0. The molecule has 0 bridgehead atoms. The number of aliphatic hydroxyl groups is 1. The molecular weight excluding hydrogens is 428 g/mol. The summed E-state index contributed by atoms with van der Waals surface area (Å²) in [6, 6.07) is 7.33. The van der Waals surface area contributed by atoms with Crippen LogP contribution in [0.3, 0.4) is 0 Å². The summed E-state index contributed by atoms with van der Waals surface area (Å²) in [4.78, 5) is 16.5. The van der Waals surface area contributed by atoms with Crippen molar-refractivity contribution >= 4 is 16.8 Å². The third-order valence-corrected chi connectivity index (χ3v) is 7.23. The van der Waals surface area contributed by atoms with Crippen LogP contribution in [-0.4, -0.2) is 67.7 Å². The summed E-state index contributed by atoms with van der Waals surface area (Å²) in [5.74, 6) is 0.660. The fraction of sp³-hybridized carbons (Fsp3) is 0.708. The van der Waals surface area contributed by atoms with Gasteiger partial charge in [0, 0.05) is 26.2 Å². The lowest BCUT2D eigenvalue weighted by Gasteiger charge is -2.39. The number of ether oxygens (including phenoxy) is 1. The van der Waals surface area contributed by atoms with E-state index >= 15 is 0 Å². The van der Waals surface area contributed by atoms with Crippen molar-refractivity contribution in [2.45, 2.75) is 69.8 Å². The molecule has 32 heavy (non-hydrogen) atoms. The number of carbonyl (C=O) groups excluding carboxylic acids is 1. The number of piperidine rings is 2. The molecule has 0 unspecified atom stereocenters. The fourth-order valence-corrected chi connectivity index (χ4v) is 5.11. The van der Waals surface area contributed by atoms with Gasteiger partial charge in [-0.25, -0.2) is 13.2 Å². The van der Waals surface area contributed by atoms with Gasteiger partial charge in [-0.1, -0.05) is 24.3 Å². The van der Waals surface area contributed by atoms with E-state index in [1.165, 1.54) is 0 Å². The van der Waals surface area contributed by atoms with Gasteiger partial charge < -0.3 is 19.6 Å². The highest BCUT2D eigenvalue weighted by molar-refractivity contribution is 7.71. The number of amides is 1. The standard InChI is InChI=1S/C24H38N2O5S/c1-23(2,3)31-22(27)26-14-9-19(10-15-26)8-13-25-16-11-24(28,12-17-25)21-6-4-20(5-7-21)18-32(29)30/h4-7,19,28,32H,8-18H2,1-3H3. The van der Waals surface area contributed by atoms with Crippen molar-refractivity contribution in [1.82, 2.24) is 9.80 Å². The van der Waals surface area contributed by atoms with Gasteiger partial charge in [0.05, 0.1) is 11.4 Å². The van der Waals surface area contributed by atoms with E-state index in [0.29, 0.717) is 18.8 Å². The van der Waals surface area contributed by atoms with Crippen molar-refractivity contribution in [3.05, 3.63) is 35.4 Å². The van der Waals surface area contributed by atoms with Gasteiger partial charge in [0.1, 0.15) is 16.3 Å². The van der Waals surface area contributed by atoms with Crippen LogP contribution in [0.25, 0.3) is 0 Å². The predicted octanol–water partition coefficient (Wildman–Crippen LogP) is 3.12. The highest BCUT2D eigenvalue weighted by atomic mass is 32.2. The molecule has 1 N–H and O–H groups in total. The number of rotatable bonds is 6. The SMILES string of the molecule is CC(C)(C)OC(=O)N1CCC(CCN2CCC(O)(c3ccc(C[SH](=O)=O)cc3)CC2)CC1. The van der Waals surface area contributed by atoms with E-state index in [4.69, 9.17) is 4.74 Å². The second-order valence-corrected chi connectivity index (χ2v) is 11.2. The van der Waals surface area contributed by atoms with Gasteiger partial charge in [0.2, 0.25) is 0 Å². The van der Waals surface area contributed by atoms with Crippen LogP contribution in [0.15, 0.2) is 24.3 Å². The molecule has 0 aromatic heterocycles. The summed E-state index contributed by atoms with van der Waals surface area (Å²) in [7, 11) is -2.44. The zero-order valence-corrected chi connectivity index (χ0v) is 20.5. The summed E-state index contributed by atoms with van der Waals surface area (Å²) >= 11 is 0. The molecule has 2 heterocycles. The third kappa shape index (κ3) is 7.18. The zero-order chi connectivity index (χ0) is 23.4. The Morgan fingerprint density at radius 3 is 2.22 bits per heavy atom. The van der Waals surface area contributed by atoms with E-state index in [2.05, 4.69) is 4.90 Å². The van der Waals surface area contributed by atoms with E-state index in [1.54, 1.807) is 12.1 Å². The molecule has 0 spiro atoms. The lowest BCUT2D eigenvalue weighted by Crippen LogP contribution is -2.44. The molecule has 7 nitrogen and oxygen atoms in total. The predicted molar refractivity (Wildman–Crippen MR) is 125 cm³/mol. The Hall–Kier alpha value is -1.64. The molecule has 1 amide bonds. The molecule has 2 aliphatic heterocycles. The molecule has 2 fully saturated rings. The maximum absolute atomic E-state index is 12.2. The second kappa shape index (κ2) is 10.5. The van der Waals surface area contributed by atoms with Gasteiger partial charge in [0.25, 0.3) is 0 Å². The summed E-state index contributed by atoms with van der Waals surface area (Å²) < 4.78 is 27.2. The first-order chi connectivity index (χ1) is 15.0. The molecule has 180 valence electrons. The lowest BCUT2D eigenvalue weighted by atomic mass is 9.84. The average Bonchev–Trinajstić information content (AvgIpc) is 2.72. The summed E-state index contributed by atoms with van der Waals surface area (Å²) in [5.41, 5.74) is 0.331. The highest BCUT2D eigenvalue weighted by Gasteiger charge is 2.34. The van der Waals surface area contributed by atoms with Gasteiger partial charge in [-0.2, -0.15) is 0 Å². The van der Waals surface area contributed by atoms with Gasteiger partial charge in [0.15, 0.2) is 0 Å². The van der Waals surface area contributed by atoms with Crippen molar-refractivity contribution < 1.29 is 23.1 Å². The summed E-state index contributed by atoms with van der Waals surface area (Å²) in [6.45, 7) is 9.92. The molecule has 1 aromatic carbocycles. The number of benzene rings is 1. The minimum atomic E-state index is -2.44. The molecule has 0 saturated carbocycles. The van der Waals surface area contributed by atoms with Crippen molar-refractivity contribution in [2.75, 3.05) is 32.7 Å². The maximum atomic E-state index is 12.2. The quantitative estimate of drug-likeness (QED) is 0.627. The molecule has 8 heteroatoms. The van der Waals surface area contributed by atoms with Crippen molar-refractivity contribution in [3.63, 3.8) is 0 Å². The van der Waals surface area contributed by atoms with Gasteiger partial charge in [-0.15, -0.1) is 0 Å². The topological polar surface area (TPSA) is 87.2 Å². The van der Waals surface area contributed by atoms with Crippen LogP contribution in [-0.2, 0) is 26.8 Å². The fourth-order valence-electron chi connectivity index (χ4n) is 4.60. The van der Waals surface area contributed by atoms with Crippen LogP contribution in [0.5, 0.6) is 0 Å². The molecular formula is C24H38N2O5S. The lowest BCUT2D eigenvalue weighted by molar-refractivity contribution is -0.0272. The molecule has 2 aliphatic rings. The van der Waals surface area contributed by atoms with E-state index < -0.39 is 21.9 Å². The Morgan fingerprint density at radius 2 is 1.69 bits per heavy atom. The van der Waals surface area contributed by atoms with Crippen LogP contribution >= 0.6 is 0 Å². The Labute approximate surface area is 193 Å².